The molecule has 2 aliphatic rings. The van der Waals surface area contributed by atoms with Crippen molar-refractivity contribution in [2.45, 2.75) is 76.3 Å². The quantitative estimate of drug-likeness (QED) is 0.811. The summed E-state index contributed by atoms with van der Waals surface area (Å²) >= 11 is 0. The summed E-state index contributed by atoms with van der Waals surface area (Å²) in [5.74, 6) is 0.695. The highest BCUT2D eigenvalue weighted by molar-refractivity contribution is 5.76. The summed E-state index contributed by atoms with van der Waals surface area (Å²) in [5, 5.41) is 9.25. The molecule has 0 heterocycles. The number of aliphatic hydroxyl groups is 1. The van der Waals surface area contributed by atoms with Crippen molar-refractivity contribution in [1.29, 1.82) is 0 Å². The molecule has 0 bridgehead atoms. The van der Waals surface area contributed by atoms with Gasteiger partial charge in [0.05, 0.1) is 6.61 Å². The van der Waals surface area contributed by atoms with Crippen LogP contribution in [-0.2, 0) is 4.79 Å². The minimum atomic E-state index is 0.0758. The number of carbonyl (C=O) groups is 1. The number of amides is 1. The average molecular weight is 282 g/mol. The molecule has 4 nitrogen and oxygen atoms in total. The Labute approximate surface area is 122 Å². The van der Waals surface area contributed by atoms with Gasteiger partial charge in [-0.25, -0.2) is 0 Å². The van der Waals surface area contributed by atoms with E-state index in [1.165, 1.54) is 19.3 Å². The van der Waals surface area contributed by atoms with E-state index in [0.29, 0.717) is 24.9 Å². The lowest BCUT2D eigenvalue weighted by Crippen LogP contribution is -2.44. The van der Waals surface area contributed by atoms with E-state index in [0.717, 1.165) is 38.5 Å². The summed E-state index contributed by atoms with van der Waals surface area (Å²) in [6.45, 7) is 0.578. The van der Waals surface area contributed by atoms with Crippen molar-refractivity contribution in [1.82, 2.24) is 4.90 Å². The summed E-state index contributed by atoms with van der Waals surface area (Å²) in [6.07, 6.45) is 10.9. The molecule has 2 unspecified atom stereocenters. The average Bonchev–Trinajstić information content (AvgIpc) is 2.45. The van der Waals surface area contributed by atoms with E-state index in [-0.39, 0.29) is 18.6 Å². The molecule has 2 aliphatic carbocycles. The highest BCUT2D eigenvalue weighted by Gasteiger charge is 2.28. The van der Waals surface area contributed by atoms with Gasteiger partial charge in [-0.15, -0.1) is 0 Å². The molecule has 2 rings (SSSR count). The highest BCUT2D eigenvalue weighted by atomic mass is 16.3. The lowest BCUT2D eigenvalue weighted by molar-refractivity contribution is -0.136. The van der Waals surface area contributed by atoms with Crippen LogP contribution in [0.1, 0.15) is 64.2 Å². The van der Waals surface area contributed by atoms with Gasteiger partial charge in [-0.1, -0.05) is 25.7 Å². The molecule has 0 aliphatic heterocycles. The van der Waals surface area contributed by atoms with Crippen LogP contribution in [0.25, 0.3) is 0 Å². The maximum atomic E-state index is 12.6. The Morgan fingerprint density at radius 3 is 2.50 bits per heavy atom. The molecule has 0 aromatic rings. The van der Waals surface area contributed by atoms with E-state index in [2.05, 4.69) is 0 Å². The van der Waals surface area contributed by atoms with Gasteiger partial charge in [0.2, 0.25) is 5.91 Å². The van der Waals surface area contributed by atoms with Crippen LogP contribution in [0.5, 0.6) is 0 Å². The zero-order valence-corrected chi connectivity index (χ0v) is 12.6. The van der Waals surface area contributed by atoms with E-state index in [4.69, 9.17) is 5.73 Å². The first kappa shape index (κ1) is 15.8. The van der Waals surface area contributed by atoms with Gasteiger partial charge in [0.1, 0.15) is 0 Å². The van der Waals surface area contributed by atoms with Crippen LogP contribution in [0.15, 0.2) is 0 Å². The Bertz CT molecular complexity index is 303. The van der Waals surface area contributed by atoms with Gasteiger partial charge < -0.3 is 15.7 Å². The van der Waals surface area contributed by atoms with Gasteiger partial charge in [0.15, 0.2) is 0 Å². The summed E-state index contributed by atoms with van der Waals surface area (Å²) < 4.78 is 0. The lowest BCUT2D eigenvalue weighted by Gasteiger charge is -2.36. The molecule has 0 radical (unpaired) electrons. The summed E-state index contributed by atoms with van der Waals surface area (Å²) in [6, 6.07) is 0.642. The molecule has 1 amide bonds. The molecule has 3 N–H and O–H groups in total. The number of hydrogen-bond donors (Lipinski definition) is 2. The third kappa shape index (κ3) is 4.45. The Kier molecular flexibility index (Phi) is 6.30. The number of carbonyl (C=O) groups excluding carboxylic acids is 1. The summed E-state index contributed by atoms with van der Waals surface area (Å²) in [7, 11) is 0. The molecule has 2 atom stereocenters. The second-order valence-corrected chi connectivity index (χ2v) is 6.60. The fraction of sp³-hybridized carbons (Fsp3) is 0.938. The van der Waals surface area contributed by atoms with Crippen molar-refractivity contribution in [2.24, 2.45) is 11.7 Å². The van der Waals surface area contributed by atoms with E-state index in [9.17, 15) is 9.90 Å². The topological polar surface area (TPSA) is 66.6 Å². The third-order valence-electron chi connectivity index (χ3n) is 4.96. The molecule has 2 fully saturated rings. The largest absolute Gasteiger partial charge is 0.395 e. The molecular formula is C16H30N2O2. The first-order valence-corrected chi connectivity index (χ1v) is 8.36. The van der Waals surface area contributed by atoms with Gasteiger partial charge in [-0.3, -0.25) is 4.79 Å². The van der Waals surface area contributed by atoms with Gasteiger partial charge in [0.25, 0.3) is 0 Å². The van der Waals surface area contributed by atoms with Crippen molar-refractivity contribution in [3.8, 4) is 0 Å². The van der Waals surface area contributed by atoms with Gasteiger partial charge >= 0.3 is 0 Å². The van der Waals surface area contributed by atoms with Crippen LogP contribution in [0, 0.1) is 5.92 Å². The van der Waals surface area contributed by atoms with Gasteiger partial charge in [0, 0.05) is 25.0 Å². The normalized spacial score (nSPS) is 28.3. The van der Waals surface area contributed by atoms with E-state index >= 15 is 0 Å². The van der Waals surface area contributed by atoms with Gasteiger partial charge in [-0.05, 0) is 38.0 Å². The second kappa shape index (κ2) is 7.99. The van der Waals surface area contributed by atoms with Crippen molar-refractivity contribution >= 4 is 5.91 Å². The maximum Gasteiger partial charge on any atom is 0.223 e. The first-order chi connectivity index (χ1) is 9.70. The Morgan fingerprint density at radius 2 is 1.85 bits per heavy atom. The van der Waals surface area contributed by atoms with Crippen molar-refractivity contribution < 1.29 is 9.90 Å². The molecule has 4 heteroatoms. The lowest BCUT2D eigenvalue weighted by atomic mass is 9.83. The van der Waals surface area contributed by atoms with Crippen LogP contribution in [-0.4, -0.2) is 41.1 Å². The summed E-state index contributed by atoms with van der Waals surface area (Å²) in [4.78, 5) is 14.5. The molecule has 116 valence electrons. The van der Waals surface area contributed by atoms with E-state index < -0.39 is 0 Å². The minimum Gasteiger partial charge on any atom is -0.395 e. The van der Waals surface area contributed by atoms with Gasteiger partial charge in [-0.2, -0.15) is 0 Å². The van der Waals surface area contributed by atoms with Crippen LogP contribution < -0.4 is 5.73 Å². The molecule has 0 aromatic heterocycles. The SMILES string of the molecule is NC1CCCC(CC(=O)N(CCO)C2CCCCC2)C1. The Balaban J connectivity index is 1.88. The van der Waals surface area contributed by atoms with Crippen LogP contribution in [0.4, 0.5) is 0 Å². The number of hydrogen-bond acceptors (Lipinski definition) is 3. The standard InChI is InChI=1S/C16H30N2O2/c17-14-6-4-5-13(11-14)12-16(20)18(9-10-19)15-7-2-1-3-8-15/h13-15,19H,1-12,17H2. The van der Waals surface area contributed by atoms with Crippen LogP contribution in [0.2, 0.25) is 0 Å². The number of rotatable bonds is 5. The highest BCUT2D eigenvalue weighted by Crippen LogP contribution is 2.28. The van der Waals surface area contributed by atoms with E-state index in [1.54, 1.807) is 0 Å². The monoisotopic (exact) mass is 282 g/mol. The minimum absolute atomic E-state index is 0.0758. The predicted octanol–water partition coefficient (Wildman–Crippen LogP) is 2.05. The van der Waals surface area contributed by atoms with Crippen LogP contribution in [0.3, 0.4) is 0 Å². The zero-order chi connectivity index (χ0) is 14.4. The number of nitrogens with zero attached hydrogens (tertiary/aromatic N) is 1. The van der Waals surface area contributed by atoms with E-state index in [1.807, 2.05) is 4.90 Å². The molecule has 0 saturated heterocycles. The molecular weight excluding hydrogens is 252 g/mol. The molecule has 0 aromatic carbocycles. The second-order valence-electron chi connectivity index (χ2n) is 6.60. The van der Waals surface area contributed by atoms with Crippen LogP contribution >= 0.6 is 0 Å². The molecule has 20 heavy (non-hydrogen) atoms. The zero-order valence-electron chi connectivity index (χ0n) is 12.6. The fourth-order valence-corrected chi connectivity index (χ4v) is 3.89. The molecule has 0 spiro atoms. The Hall–Kier alpha value is -0.610. The Morgan fingerprint density at radius 1 is 1.10 bits per heavy atom. The predicted molar refractivity (Wildman–Crippen MR) is 80.2 cm³/mol. The maximum absolute atomic E-state index is 12.6. The first-order valence-electron chi connectivity index (χ1n) is 8.36. The van der Waals surface area contributed by atoms with Crippen molar-refractivity contribution in [3.05, 3.63) is 0 Å². The number of aliphatic hydroxyl groups excluding tert-OH is 1. The summed E-state index contributed by atoms with van der Waals surface area (Å²) in [5.41, 5.74) is 6.01. The fourth-order valence-electron chi connectivity index (χ4n) is 3.89. The number of nitrogens with two attached hydrogens (primary N) is 1. The third-order valence-corrected chi connectivity index (χ3v) is 4.96. The van der Waals surface area contributed by atoms with Crippen molar-refractivity contribution in [2.75, 3.05) is 13.2 Å². The van der Waals surface area contributed by atoms with Crippen molar-refractivity contribution in [3.63, 3.8) is 0 Å². The smallest absolute Gasteiger partial charge is 0.223 e. The molecule has 2 saturated carbocycles.